The van der Waals surface area contributed by atoms with E-state index >= 15 is 0 Å². The predicted octanol–water partition coefficient (Wildman–Crippen LogP) is 3.73. The van der Waals surface area contributed by atoms with Crippen molar-refractivity contribution >= 4 is 5.97 Å². The third kappa shape index (κ3) is 2.86. The van der Waals surface area contributed by atoms with Gasteiger partial charge in [-0.05, 0) is 31.0 Å². The Kier molecular flexibility index (Phi) is 4.17. The van der Waals surface area contributed by atoms with Crippen LogP contribution in [0.5, 0.6) is 0 Å². The van der Waals surface area contributed by atoms with E-state index in [0.717, 1.165) is 16.7 Å². The van der Waals surface area contributed by atoms with Crippen molar-refractivity contribution in [2.75, 3.05) is 0 Å². The molecular formula is C17H15NO2. The first kappa shape index (κ1) is 13.8. The molecule has 20 heavy (non-hydrogen) atoms. The number of nitrogens with zero attached hydrogens (tertiary/aromatic N) is 1. The van der Waals surface area contributed by atoms with Crippen LogP contribution >= 0.6 is 0 Å². The van der Waals surface area contributed by atoms with Gasteiger partial charge in [0.25, 0.3) is 0 Å². The second kappa shape index (κ2) is 6.03. The summed E-state index contributed by atoms with van der Waals surface area (Å²) in [5.74, 6) is -0.474. The monoisotopic (exact) mass is 265 g/mol. The van der Waals surface area contributed by atoms with Crippen LogP contribution < -0.4 is 0 Å². The number of aryl methyl sites for hydroxylation is 2. The number of hydrogen-bond donors (Lipinski definition) is 0. The lowest BCUT2D eigenvalue weighted by molar-refractivity contribution is 0.0402. The highest BCUT2D eigenvalue weighted by Crippen LogP contribution is 2.22. The van der Waals surface area contributed by atoms with Crippen LogP contribution in [-0.2, 0) is 4.74 Å². The summed E-state index contributed by atoms with van der Waals surface area (Å²) in [5.41, 5.74) is 2.97. The molecule has 0 amide bonds. The standard InChI is InChI=1S/C17H15NO2/c1-12-7-3-5-9-14(12)16(11-18)20-17(19)15-10-6-4-8-13(15)2/h3-10,16H,1-2H3. The van der Waals surface area contributed by atoms with Crippen molar-refractivity contribution in [2.24, 2.45) is 0 Å². The summed E-state index contributed by atoms with van der Waals surface area (Å²) >= 11 is 0. The Labute approximate surface area is 118 Å². The average Bonchev–Trinajstić information content (AvgIpc) is 2.46. The first-order chi connectivity index (χ1) is 9.63. The van der Waals surface area contributed by atoms with Crippen molar-refractivity contribution in [3.05, 3.63) is 70.8 Å². The van der Waals surface area contributed by atoms with E-state index in [1.54, 1.807) is 18.2 Å². The second-order valence-electron chi connectivity index (χ2n) is 4.59. The summed E-state index contributed by atoms with van der Waals surface area (Å²) in [5, 5.41) is 9.24. The lowest BCUT2D eigenvalue weighted by Gasteiger charge is -2.14. The van der Waals surface area contributed by atoms with Gasteiger partial charge in [0.1, 0.15) is 6.07 Å². The molecule has 2 rings (SSSR count). The molecule has 1 atom stereocenters. The fourth-order valence-corrected chi connectivity index (χ4v) is 2.01. The molecule has 0 saturated carbocycles. The largest absolute Gasteiger partial charge is 0.438 e. The maximum absolute atomic E-state index is 12.1. The van der Waals surface area contributed by atoms with Crippen LogP contribution in [0.3, 0.4) is 0 Å². The zero-order valence-corrected chi connectivity index (χ0v) is 11.5. The maximum atomic E-state index is 12.1. The summed E-state index contributed by atoms with van der Waals surface area (Å²) in [7, 11) is 0. The van der Waals surface area contributed by atoms with E-state index in [1.165, 1.54) is 0 Å². The zero-order chi connectivity index (χ0) is 14.5. The number of hydrogen-bond acceptors (Lipinski definition) is 3. The molecule has 0 heterocycles. The van der Waals surface area contributed by atoms with E-state index in [9.17, 15) is 10.1 Å². The number of esters is 1. The van der Waals surface area contributed by atoms with E-state index in [0.29, 0.717) is 5.56 Å². The molecule has 0 fully saturated rings. The molecule has 0 aliphatic rings. The molecule has 0 aromatic heterocycles. The molecule has 0 aliphatic carbocycles. The van der Waals surface area contributed by atoms with Crippen LogP contribution in [0, 0.1) is 25.2 Å². The van der Waals surface area contributed by atoms with Crippen molar-refractivity contribution in [1.82, 2.24) is 0 Å². The van der Waals surface area contributed by atoms with Crippen LogP contribution in [0.2, 0.25) is 0 Å². The van der Waals surface area contributed by atoms with E-state index in [2.05, 4.69) is 0 Å². The Morgan fingerprint density at radius 3 is 2.25 bits per heavy atom. The normalized spacial score (nSPS) is 11.4. The van der Waals surface area contributed by atoms with Gasteiger partial charge in [0.2, 0.25) is 6.10 Å². The topological polar surface area (TPSA) is 50.1 Å². The van der Waals surface area contributed by atoms with Gasteiger partial charge in [-0.15, -0.1) is 0 Å². The Balaban J connectivity index is 2.24. The van der Waals surface area contributed by atoms with Crippen molar-refractivity contribution < 1.29 is 9.53 Å². The van der Waals surface area contributed by atoms with Gasteiger partial charge in [-0.1, -0.05) is 42.5 Å². The fraction of sp³-hybridized carbons (Fsp3) is 0.176. The summed E-state index contributed by atoms with van der Waals surface area (Å²) in [6, 6.07) is 16.6. The average molecular weight is 265 g/mol. The van der Waals surface area contributed by atoms with Gasteiger partial charge in [0.15, 0.2) is 0 Å². The number of carbonyl (C=O) groups excluding carboxylic acids is 1. The SMILES string of the molecule is Cc1ccccc1C(=O)OC(C#N)c1ccccc1C. The molecule has 0 bridgehead atoms. The molecule has 100 valence electrons. The highest BCUT2D eigenvalue weighted by Gasteiger charge is 2.19. The summed E-state index contributed by atoms with van der Waals surface area (Å²) in [6.07, 6.45) is -0.886. The molecular weight excluding hydrogens is 250 g/mol. The summed E-state index contributed by atoms with van der Waals surface area (Å²) < 4.78 is 5.33. The predicted molar refractivity (Wildman–Crippen MR) is 76.1 cm³/mol. The van der Waals surface area contributed by atoms with Gasteiger partial charge in [0, 0.05) is 5.56 Å². The molecule has 0 spiro atoms. The van der Waals surface area contributed by atoms with Gasteiger partial charge in [0.05, 0.1) is 5.56 Å². The highest BCUT2D eigenvalue weighted by molar-refractivity contribution is 5.91. The summed E-state index contributed by atoms with van der Waals surface area (Å²) in [4.78, 5) is 12.1. The smallest absolute Gasteiger partial charge is 0.340 e. The fourth-order valence-electron chi connectivity index (χ4n) is 2.01. The number of carbonyl (C=O) groups is 1. The zero-order valence-electron chi connectivity index (χ0n) is 11.5. The lowest BCUT2D eigenvalue weighted by atomic mass is 10.0. The van der Waals surface area contributed by atoms with Gasteiger partial charge < -0.3 is 4.74 Å². The summed E-state index contributed by atoms with van der Waals surface area (Å²) in [6.45, 7) is 3.73. The van der Waals surface area contributed by atoms with Gasteiger partial charge in [-0.25, -0.2) is 4.79 Å². The van der Waals surface area contributed by atoms with Crippen molar-refractivity contribution in [3.63, 3.8) is 0 Å². The molecule has 1 unspecified atom stereocenters. The van der Waals surface area contributed by atoms with Gasteiger partial charge in [-0.3, -0.25) is 0 Å². The quantitative estimate of drug-likeness (QED) is 0.794. The molecule has 0 aliphatic heterocycles. The minimum atomic E-state index is -0.886. The molecule has 3 nitrogen and oxygen atoms in total. The van der Waals surface area contributed by atoms with Crippen LogP contribution in [0.1, 0.15) is 33.2 Å². The Hall–Kier alpha value is -2.60. The van der Waals surface area contributed by atoms with Crippen molar-refractivity contribution in [3.8, 4) is 6.07 Å². The number of ether oxygens (including phenoxy) is 1. The first-order valence-electron chi connectivity index (χ1n) is 6.35. The van der Waals surface area contributed by atoms with Crippen LogP contribution in [-0.4, -0.2) is 5.97 Å². The van der Waals surface area contributed by atoms with Crippen LogP contribution in [0.25, 0.3) is 0 Å². The van der Waals surface area contributed by atoms with E-state index in [1.807, 2.05) is 50.2 Å². The molecule has 0 saturated heterocycles. The Morgan fingerprint density at radius 1 is 1.05 bits per heavy atom. The Bertz CT molecular complexity index is 671. The minimum absolute atomic E-state index is 0.474. The number of rotatable bonds is 3. The van der Waals surface area contributed by atoms with E-state index in [-0.39, 0.29) is 0 Å². The minimum Gasteiger partial charge on any atom is -0.438 e. The van der Waals surface area contributed by atoms with Crippen molar-refractivity contribution in [1.29, 1.82) is 5.26 Å². The third-order valence-electron chi connectivity index (χ3n) is 3.18. The number of nitriles is 1. The van der Waals surface area contributed by atoms with Crippen molar-refractivity contribution in [2.45, 2.75) is 20.0 Å². The molecule has 0 N–H and O–H groups in total. The maximum Gasteiger partial charge on any atom is 0.340 e. The molecule has 2 aromatic rings. The van der Waals surface area contributed by atoms with E-state index < -0.39 is 12.1 Å². The number of benzene rings is 2. The first-order valence-corrected chi connectivity index (χ1v) is 6.35. The molecule has 0 radical (unpaired) electrons. The molecule has 3 heteroatoms. The highest BCUT2D eigenvalue weighted by atomic mass is 16.5. The van der Waals surface area contributed by atoms with Crippen LogP contribution in [0.15, 0.2) is 48.5 Å². The molecule has 2 aromatic carbocycles. The van der Waals surface area contributed by atoms with E-state index in [4.69, 9.17) is 4.74 Å². The third-order valence-corrected chi connectivity index (χ3v) is 3.18. The van der Waals surface area contributed by atoms with Crippen LogP contribution in [0.4, 0.5) is 0 Å². The second-order valence-corrected chi connectivity index (χ2v) is 4.59. The van der Waals surface area contributed by atoms with Gasteiger partial charge in [-0.2, -0.15) is 5.26 Å². The van der Waals surface area contributed by atoms with Gasteiger partial charge >= 0.3 is 5.97 Å². The Morgan fingerprint density at radius 2 is 1.65 bits per heavy atom. The lowest BCUT2D eigenvalue weighted by Crippen LogP contribution is -2.12.